The second-order valence-corrected chi connectivity index (χ2v) is 9.59. The Kier molecular flexibility index (Phi) is 7.59. The zero-order valence-corrected chi connectivity index (χ0v) is 18.2. The third kappa shape index (κ3) is 4.83. The number of esters is 1. The van der Waals surface area contributed by atoms with Crippen LogP contribution >= 0.6 is 23.1 Å². The average molecular weight is 398 g/mol. The van der Waals surface area contributed by atoms with Gasteiger partial charge in [0.2, 0.25) is 5.91 Å². The van der Waals surface area contributed by atoms with Crippen LogP contribution in [0, 0.1) is 11.3 Å². The highest BCUT2D eigenvalue weighted by atomic mass is 32.2. The van der Waals surface area contributed by atoms with Gasteiger partial charge in [0.15, 0.2) is 0 Å². The Hall–Kier alpha value is -1.01. The molecule has 0 saturated carbocycles. The molecule has 0 saturated heterocycles. The lowest BCUT2D eigenvalue weighted by Gasteiger charge is -2.36. The summed E-state index contributed by atoms with van der Waals surface area (Å²) in [4.78, 5) is 26.0. The first-order valence-corrected chi connectivity index (χ1v) is 11.7. The summed E-state index contributed by atoms with van der Waals surface area (Å²) in [5.41, 5.74) is 1.97. The quantitative estimate of drug-likeness (QED) is 0.616. The van der Waals surface area contributed by atoms with E-state index >= 15 is 0 Å². The predicted molar refractivity (Wildman–Crippen MR) is 111 cm³/mol. The number of carbonyl (C=O) groups is 2. The maximum Gasteiger partial charge on any atom is 0.341 e. The van der Waals surface area contributed by atoms with Crippen LogP contribution < -0.4 is 5.32 Å². The van der Waals surface area contributed by atoms with Gasteiger partial charge in [-0.1, -0.05) is 27.2 Å². The SMILES string of the molecule is CCOC(=O)c1c(NC(=O)CCSC)sc2c1CC[C@@H](C(C)(C)CC)C2. The minimum atomic E-state index is -0.307. The molecule has 0 radical (unpaired) electrons. The van der Waals surface area contributed by atoms with E-state index in [9.17, 15) is 9.59 Å². The van der Waals surface area contributed by atoms with Gasteiger partial charge in [0.25, 0.3) is 0 Å². The lowest BCUT2D eigenvalue weighted by Crippen LogP contribution is -2.28. The largest absolute Gasteiger partial charge is 0.462 e. The van der Waals surface area contributed by atoms with E-state index in [1.807, 2.05) is 13.2 Å². The van der Waals surface area contributed by atoms with Gasteiger partial charge in [0, 0.05) is 17.1 Å². The summed E-state index contributed by atoms with van der Waals surface area (Å²) in [5.74, 6) is 1.04. The van der Waals surface area contributed by atoms with Gasteiger partial charge in [0.05, 0.1) is 12.2 Å². The number of anilines is 1. The number of amides is 1. The van der Waals surface area contributed by atoms with Gasteiger partial charge in [-0.2, -0.15) is 11.8 Å². The molecule has 0 fully saturated rings. The van der Waals surface area contributed by atoms with E-state index in [0.717, 1.165) is 37.0 Å². The molecule has 1 aliphatic carbocycles. The summed E-state index contributed by atoms with van der Waals surface area (Å²) >= 11 is 3.21. The Labute approximate surface area is 165 Å². The summed E-state index contributed by atoms with van der Waals surface area (Å²) < 4.78 is 5.28. The predicted octanol–water partition coefficient (Wildman–Crippen LogP) is 5.16. The van der Waals surface area contributed by atoms with Gasteiger partial charge in [-0.25, -0.2) is 4.79 Å². The Morgan fingerprint density at radius 3 is 2.69 bits per heavy atom. The fourth-order valence-corrected chi connectivity index (χ4v) is 5.15. The van der Waals surface area contributed by atoms with Crippen molar-refractivity contribution in [3.63, 3.8) is 0 Å². The number of fused-ring (bicyclic) bond motifs is 1. The highest BCUT2D eigenvalue weighted by Crippen LogP contribution is 2.45. The van der Waals surface area contributed by atoms with Crippen molar-refractivity contribution < 1.29 is 14.3 Å². The van der Waals surface area contributed by atoms with Crippen molar-refractivity contribution in [1.82, 2.24) is 0 Å². The molecular weight excluding hydrogens is 366 g/mol. The molecule has 1 aromatic rings. The second kappa shape index (κ2) is 9.27. The van der Waals surface area contributed by atoms with E-state index < -0.39 is 0 Å². The number of nitrogens with one attached hydrogen (secondary N) is 1. The van der Waals surface area contributed by atoms with Crippen LogP contribution in [0.3, 0.4) is 0 Å². The number of rotatable bonds is 8. The van der Waals surface area contributed by atoms with Crippen molar-refractivity contribution in [2.45, 2.75) is 59.8 Å². The number of hydrogen-bond acceptors (Lipinski definition) is 5. The molecule has 0 aliphatic heterocycles. The molecular formula is C20H31NO3S2. The molecule has 146 valence electrons. The van der Waals surface area contributed by atoms with Crippen LogP contribution in [-0.4, -0.2) is 30.5 Å². The second-order valence-electron chi connectivity index (χ2n) is 7.50. The Morgan fingerprint density at radius 2 is 2.08 bits per heavy atom. The number of thioether (sulfide) groups is 1. The van der Waals surface area contributed by atoms with Crippen molar-refractivity contribution in [1.29, 1.82) is 0 Å². The van der Waals surface area contributed by atoms with Crippen LogP contribution in [0.1, 0.15) is 67.8 Å². The lowest BCUT2D eigenvalue weighted by atomic mass is 9.69. The Balaban J connectivity index is 2.31. The fourth-order valence-electron chi connectivity index (χ4n) is 3.43. The number of ether oxygens (including phenoxy) is 1. The van der Waals surface area contributed by atoms with Gasteiger partial charge < -0.3 is 10.1 Å². The summed E-state index contributed by atoms with van der Waals surface area (Å²) in [6.07, 6.45) is 6.52. The van der Waals surface area contributed by atoms with Crippen LogP contribution in [0.2, 0.25) is 0 Å². The molecule has 1 N–H and O–H groups in total. The normalized spacial score (nSPS) is 16.9. The Morgan fingerprint density at radius 1 is 1.35 bits per heavy atom. The standard InChI is InChI=1S/C20H31NO3S2/c1-6-20(3,4)13-8-9-14-15(12-13)26-18(17(14)19(23)24-7-2)21-16(22)10-11-25-5/h13H,6-12H2,1-5H3,(H,21,22)/t13-/m1/s1. The molecule has 26 heavy (non-hydrogen) atoms. The molecule has 1 atom stereocenters. The molecule has 1 aromatic heterocycles. The van der Waals surface area contributed by atoms with E-state index in [-0.39, 0.29) is 17.3 Å². The van der Waals surface area contributed by atoms with Crippen molar-refractivity contribution in [3.8, 4) is 0 Å². The highest BCUT2D eigenvalue weighted by Gasteiger charge is 2.35. The molecule has 1 amide bonds. The zero-order chi connectivity index (χ0) is 19.3. The van der Waals surface area contributed by atoms with E-state index in [0.29, 0.717) is 29.5 Å². The first-order valence-electron chi connectivity index (χ1n) is 9.44. The van der Waals surface area contributed by atoms with Gasteiger partial charge in [-0.05, 0) is 49.3 Å². The van der Waals surface area contributed by atoms with E-state index in [4.69, 9.17) is 4.74 Å². The van der Waals surface area contributed by atoms with Crippen LogP contribution in [0.5, 0.6) is 0 Å². The van der Waals surface area contributed by atoms with Crippen LogP contribution in [0.15, 0.2) is 0 Å². The number of thiophene rings is 1. The molecule has 1 heterocycles. The van der Waals surface area contributed by atoms with E-state index in [2.05, 4.69) is 26.1 Å². The van der Waals surface area contributed by atoms with E-state index in [1.165, 1.54) is 4.88 Å². The zero-order valence-electron chi connectivity index (χ0n) is 16.6. The molecule has 0 aromatic carbocycles. The van der Waals surface area contributed by atoms with E-state index in [1.54, 1.807) is 23.1 Å². The van der Waals surface area contributed by atoms with Crippen molar-refractivity contribution >= 4 is 40.0 Å². The van der Waals surface area contributed by atoms with Gasteiger partial charge in [-0.3, -0.25) is 4.79 Å². The third-order valence-electron chi connectivity index (χ3n) is 5.55. The fraction of sp³-hybridized carbons (Fsp3) is 0.700. The molecule has 4 nitrogen and oxygen atoms in total. The third-order valence-corrected chi connectivity index (χ3v) is 7.33. The molecule has 0 spiro atoms. The van der Waals surface area contributed by atoms with Gasteiger partial charge in [-0.15, -0.1) is 11.3 Å². The number of carbonyl (C=O) groups excluding carboxylic acids is 2. The van der Waals surface area contributed by atoms with Crippen molar-refractivity contribution in [2.75, 3.05) is 23.9 Å². The van der Waals surface area contributed by atoms with Crippen LogP contribution in [0.25, 0.3) is 0 Å². The number of hydrogen-bond donors (Lipinski definition) is 1. The van der Waals surface area contributed by atoms with Crippen molar-refractivity contribution in [3.05, 3.63) is 16.0 Å². The van der Waals surface area contributed by atoms with Gasteiger partial charge >= 0.3 is 5.97 Å². The average Bonchev–Trinajstić information content (AvgIpc) is 2.96. The maximum atomic E-state index is 12.6. The molecule has 0 bridgehead atoms. The smallest absolute Gasteiger partial charge is 0.341 e. The van der Waals surface area contributed by atoms with Gasteiger partial charge in [0.1, 0.15) is 5.00 Å². The molecule has 6 heteroatoms. The minimum Gasteiger partial charge on any atom is -0.462 e. The maximum absolute atomic E-state index is 12.6. The summed E-state index contributed by atoms with van der Waals surface area (Å²) in [6, 6.07) is 0. The lowest BCUT2D eigenvalue weighted by molar-refractivity contribution is -0.115. The Bertz CT molecular complexity index is 652. The molecule has 2 rings (SSSR count). The summed E-state index contributed by atoms with van der Waals surface area (Å²) in [6.45, 7) is 9.05. The van der Waals surface area contributed by atoms with Crippen molar-refractivity contribution in [2.24, 2.45) is 11.3 Å². The first kappa shape index (κ1) is 21.3. The van der Waals surface area contributed by atoms with Crippen LogP contribution in [-0.2, 0) is 22.4 Å². The summed E-state index contributed by atoms with van der Waals surface area (Å²) in [7, 11) is 0. The highest BCUT2D eigenvalue weighted by molar-refractivity contribution is 7.98. The monoisotopic (exact) mass is 397 g/mol. The molecule has 1 aliphatic rings. The van der Waals surface area contributed by atoms with Crippen LogP contribution in [0.4, 0.5) is 5.00 Å². The topological polar surface area (TPSA) is 55.4 Å². The first-order chi connectivity index (χ1) is 12.3. The minimum absolute atomic E-state index is 0.0334. The molecule has 0 unspecified atom stereocenters. The summed E-state index contributed by atoms with van der Waals surface area (Å²) in [5, 5.41) is 3.65.